The lowest BCUT2D eigenvalue weighted by Gasteiger charge is -2.23. The zero-order valence-electron chi connectivity index (χ0n) is 15.8. The zero-order chi connectivity index (χ0) is 19.8. The van der Waals surface area contributed by atoms with Crippen LogP contribution in [0, 0.1) is 0 Å². The van der Waals surface area contributed by atoms with Crippen LogP contribution in [0.1, 0.15) is 12.8 Å². The number of ether oxygens (including phenoxy) is 1. The van der Waals surface area contributed by atoms with E-state index in [2.05, 4.69) is 25.7 Å². The highest BCUT2D eigenvalue weighted by molar-refractivity contribution is 5.90. The van der Waals surface area contributed by atoms with Gasteiger partial charge in [-0.3, -0.25) is 9.78 Å². The van der Waals surface area contributed by atoms with Gasteiger partial charge in [-0.05, 0) is 37.1 Å². The fourth-order valence-corrected chi connectivity index (χ4v) is 3.48. The van der Waals surface area contributed by atoms with Crippen molar-refractivity contribution in [1.82, 2.24) is 29.9 Å². The molecule has 1 aliphatic rings. The van der Waals surface area contributed by atoms with Crippen molar-refractivity contribution in [3.8, 4) is 17.1 Å². The van der Waals surface area contributed by atoms with Crippen LogP contribution in [0.4, 0.5) is 5.95 Å². The maximum atomic E-state index is 12.2. The van der Waals surface area contributed by atoms with E-state index in [9.17, 15) is 4.79 Å². The number of rotatable bonds is 4. The number of amides is 1. The summed E-state index contributed by atoms with van der Waals surface area (Å²) in [5.74, 6) is 1.68. The molecule has 1 saturated heterocycles. The lowest BCUT2D eigenvalue weighted by atomic mass is 10.1. The molecule has 0 bridgehead atoms. The fourth-order valence-electron chi connectivity index (χ4n) is 3.48. The van der Waals surface area contributed by atoms with E-state index < -0.39 is 0 Å². The number of carbonyl (C=O) groups excluding carboxylic acids is 1. The molecule has 146 valence electrons. The molecule has 29 heavy (non-hydrogen) atoms. The maximum Gasteiger partial charge on any atom is 0.242 e. The van der Waals surface area contributed by atoms with Crippen molar-refractivity contribution in [3.05, 3.63) is 42.6 Å². The molecular weight excluding hydrogens is 370 g/mol. The monoisotopic (exact) mass is 389 g/mol. The third-order valence-electron chi connectivity index (χ3n) is 4.95. The van der Waals surface area contributed by atoms with Crippen LogP contribution in [0.2, 0.25) is 0 Å². The third kappa shape index (κ3) is 3.10. The zero-order valence-corrected chi connectivity index (χ0v) is 15.8. The summed E-state index contributed by atoms with van der Waals surface area (Å²) in [5, 5.41) is 10.8. The van der Waals surface area contributed by atoms with Crippen LogP contribution in [0.25, 0.3) is 28.1 Å². The number of piperidine rings is 1. The van der Waals surface area contributed by atoms with E-state index >= 15 is 0 Å². The first-order chi connectivity index (χ1) is 14.2. The molecule has 2 N–H and O–H groups in total. The summed E-state index contributed by atoms with van der Waals surface area (Å²) < 4.78 is 6.93. The number of fused-ring (bicyclic) bond motifs is 3. The van der Waals surface area contributed by atoms with Gasteiger partial charge in [0, 0.05) is 18.3 Å². The van der Waals surface area contributed by atoms with E-state index in [1.807, 2.05) is 36.4 Å². The fraction of sp³-hybridized carbons (Fsp3) is 0.250. The summed E-state index contributed by atoms with van der Waals surface area (Å²) in [4.78, 5) is 26.0. The first kappa shape index (κ1) is 17.4. The summed E-state index contributed by atoms with van der Waals surface area (Å²) in [7, 11) is 1.62. The number of hydrogen-bond acceptors (Lipinski definition) is 7. The topological polar surface area (TPSA) is 106 Å². The number of hydrogen-bond donors (Lipinski definition) is 2. The molecule has 0 spiro atoms. The molecule has 0 saturated carbocycles. The Morgan fingerprint density at radius 3 is 3.03 bits per heavy atom. The van der Waals surface area contributed by atoms with Gasteiger partial charge < -0.3 is 15.4 Å². The Kier molecular flexibility index (Phi) is 4.19. The average Bonchev–Trinajstić information content (AvgIpc) is 3.22. The Morgan fingerprint density at radius 2 is 2.17 bits per heavy atom. The predicted octanol–water partition coefficient (Wildman–Crippen LogP) is 2.04. The van der Waals surface area contributed by atoms with Gasteiger partial charge >= 0.3 is 0 Å². The molecule has 3 aromatic heterocycles. The minimum Gasteiger partial charge on any atom is -0.497 e. The van der Waals surface area contributed by atoms with Crippen molar-refractivity contribution < 1.29 is 9.53 Å². The predicted molar refractivity (Wildman–Crippen MR) is 108 cm³/mol. The number of nitrogens with one attached hydrogen (secondary N) is 2. The largest absolute Gasteiger partial charge is 0.497 e. The van der Waals surface area contributed by atoms with Gasteiger partial charge in [0.2, 0.25) is 11.9 Å². The highest BCUT2D eigenvalue weighted by Gasteiger charge is 2.24. The van der Waals surface area contributed by atoms with E-state index in [4.69, 9.17) is 9.72 Å². The lowest BCUT2D eigenvalue weighted by Crippen LogP contribution is -2.44. The van der Waals surface area contributed by atoms with Crippen molar-refractivity contribution >= 4 is 28.5 Å². The smallest absolute Gasteiger partial charge is 0.242 e. The molecule has 4 heterocycles. The van der Waals surface area contributed by atoms with E-state index in [1.54, 1.807) is 17.8 Å². The molecule has 1 aliphatic heterocycles. The number of methoxy groups -OCH3 is 1. The van der Waals surface area contributed by atoms with Gasteiger partial charge in [-0.2, -0.15) is 4.52 Å². The van der Waals surface area contributed by atoms with Crippen LogP contribution < -0.4 is 15.4 Å². The third-order valence-corrected chi connectivity index (χ3v) is 4.95. The molecule has 0 aliphatic carbocycles. The summed E-state index contributed by atoms with van der Waals surface area (Å²) in [6.45, 7) is 0.699. The Bertz CT molecular complexity index is 1220. The quantitative estimate of drug-likeness (QED) is 0.550. The molecule has 9 nitrogen and oxygen atoms in total. The number of pyridine rings is 1. The van der Waals surface area contributed by atoms with E-state index in [1.165, 1.54) is 0 Å². The van der Waals surface area contributed by atoms with Gasteiger partial charge in [-0.25, -0.2) is 9.97 Å². The van der Waals surface area contributed by atoms with Gasteiger partial charge in [0.15, 0.2) is 11.5 Å². The van der Waals surface area contributed by atoms with Gasteiger partial charge in [0.05, 0.1) is 12.6 Å². The second kappa shape index (κ2) is 7.01. The van der Waals surface area contributed by atoms with Gasteiger partial charge in [0.25, 0.3) is 0 Å². The van der Waals surface area contributed by atoms with Crippen LogP contribution in [0.3, 0.4) is 0 Å². The van der Waals surface area contributed by atoms with Crippen molar-refractivity contribution in [3.63, 3.8) is 0 Å². The molecular formula is C20H19N7O2. The van der Waals surface area contributed by atoms with Crippen LogP contribution in [-0.2, 0) is 4.79 Å². The molecule has 1 aromatic carbocycles. The summed E-state index contributed by atoms with van der Waals surface area (Å²) >= 11 is 0. The van der Waals surface area contributed by atoms with E-state index in [0.29, 0.717) is 35.0 Å². The molecule has 0 unspecified atom stereocenters. The van der Waals surface area contributed by atoms with Gasteiger partial charge in [0.1, 0.15) is 17.3 Å². The molecule has 1 fully saturated rings. The number of benzene rings is 1. The number of nitrogens with zero attached hydrogens (tertiary/aromatic N) is 5. The molecule has 1 amide bonds. The second-order valence-corrected chi connectivity index (χ2v) is 6.84. The lowest BCUT2D eigenvalue weighted by molar-refractivity contribution is -0.123. The van der Waals surface area contributed by atoms with Crippen molar-refractivity contribution in [2.45, 2.75) is 18.9 Å². The van der Waals surface area contributed by atoms with Crippen molar-refractivity contribution in [2.75, 3.05) is 19.0 Å². The van der Waals surface area contributed by atoms with E-state index in [0.717, 1.165) is 24.2 Å². The van der Waals surface area contributed by atoms with Gasteiger partial charge in [-0.1, -0.05) is 12.1 Å². The standard InChI is InChI=1S/C20H19N7O2/c1-29-13-6-2-5-12(11-13)17-25-18-16-14(7-3-9-21-16)23-20(27(18)26-17)24-15-8-4-10-22-19(15)28/h2-3,5-7,9,11,15H,4,8,10H2,1H3,(H,22,28)(H,23,24)/t15-/m0/s1. The SMILES string of the molecule is COc1cccc(-c2nc3c4ncccc4nc(N[C@H]4CCCNC4=O)n3n2)c1. The average molecular weight is 389 g/mol. The highest BCUT2D eigenvalue weighted by Crippen LogP contribution is 2.25. The summed E-state index contributed by atoms with van der Waals surface area (Å²) in [6, 6.07) is 10.9. The molecule has 4 aromatic rings. The minimum atomic E-state index is -0.363. The highest BCUT2D eigenvalue weighted by atomic mass is 16.5. The number of carbonyl (C=O) groups is 1. The number of anilines is 1. The van der Waals surface area contributed by atoms with Crippen LogP contribution in [-0.4, -0.2) is 50.2 Å². The molecule has 5 rings (SSSR count). The normalized spacial score (nSPS) is 16.7. The minimum absolute atomic E-state index is 0.0365. The Labute approximate surface area is 166 Å². The van der Waals surface area contributed by atoms with Gasteiger partial charge in [-0.15, -0.1) is 5.10 Å². The van der Waals surface area contributed by atoms with Crippen LogP contribution >= 0.6 is 0 Å². The number of aromatic nitrogens is 5. The maximum absolute atomic E-state index is 12.2. The first-order valence-corrected chi connectivity index (χ1v) is 9.43. The van der Waals surface area contributed by atoms with Crippen molar-refractivity contribution in [1.29, 1.82) is 0 Å². The summed E-state index contributed by atoms with van der Waals surface area (Å²) in [6.07, 6.45) is 3.34. The second-order valence-electron chi connectivity index (χ2n) is 6.84. The Balaban J connectivity index is 1.67. The summed E-state index contributed by atoms with van der Waals surface area (Å²) in [5.41, 5.74) is 2.72. The Morgan fingerprint density at radius 1 is 1.24 bits per heavy atom. The molecule has 0 radical (unpaired) electrons. The Hall–Kier alpha value is -3.75. The van der Waals surface area contributed by atoms with E-state index in [-0.39, 0.29) is 11.9 Å². The van der Waals surface area contributed by atoms with Crippen molar-refractivity contribution in [2.24, 2.45) is 0 Å². The van der Waals surface area contributed by atoms with Crippen LogP contribution in [0.15, 0.2) is 42.6 Å². The molecule has 1 atom stereocenters. The first-order valence-electron chi connectivity index (χ1n) is 9.43. The molecule has 9 heteroatoms. The van der Waals surface area contributed by atoms with Crippen LogP contribution in [0.5, 0.6) is 5.75 Å².